The highest BCUT2D eigenvalue weighted by Crippen LogP contribution is 2.48. The molecular weight excluding hydrogens is 961 g/mol. The van der Waals surface area contributed by atoms with Crippen molar-refractivity contribution in [3.8, 4) is 29.3 Å². The Hall–Kier alpha value is -6.93. The number of benzene rings is 3. The zero-order chi connectivity index (χ0) is 52.3. The Morgan fingerprint density at radius 2 is 0.883 bits per heavy atom. The quantitative estimate of drug-likeness (QED) is 0.0806. The summed E-state index contributed by atoms with van der Waals surface area (Å²) >= 11 is 0. The van der Waals surface area contributed by atoms with Gasteiger partial charge in [0.05, 0.1) is 55.0 Å². The predicted octanol–water partition coefficient (Wildman–Crippen LogP) is 11.5. The maximum Gasteiger partial charge on any atom is 0.323 e. The minimum Gasteiger partial charge on any atom is -0.497 e. The van der Waals surface area contributed by atoms with Crippen LogP contribution in [0.5, 0.6) is 29.3 Å². The zero-order valence-electron chi connectivity index (χ0n) is 44.6. The van der Waals surface area contributed by atoms with Crippen LogP contribution in [-0.2, 0) is 0 Å². The third kappa shape index (κ3) is 9.27. The molecule has 4 aromatic heterocycles. The minimum atomic E-state index is -0.494. The van der Waals surface area contributed by atoms with Gasteiger partial charge in [0.15, 0.2) is 0 Å². The summed E-state index contributed by atoms with van der Waals surface area (Å²) in [6.07, 6.45) is 17.0. The first-order valence-electron chi connectivity index (χ1n) is 28.0. The summed E-state index contributed by atoms with van der Waals surface area (Å²) in [6.45, 7) is 20.6. The fourth-order valence-electron chi connectivity index (χ4n) is 14.6. The number of fused-ring (bicyclic) bond motifs is 12. The van der Waals surface area contributed by atoms with E-state index >= 15 is 0 Å². The molecule has 8 unspecified atom stereocenters. The maximum absolute atomic E-state index is 7.61. The van der Waals surface area contributed by atoms with Gasteiger partial charge in [0.2, 0.25) is 11.8 Å². The SMILES string of the molecule is C=C[C@@H]1CN2CCC1C[C@@H]2C(Oc1cc(O[C@@H](c2ccnc3ccc(C)cc23)[C@@H]2CC3CCN2C[C@@H]3C=C)nc(OC(c2ccnc3ccc(OC)cc23)[C@H]2CC3CCN2C[C@H]3C=C)n1)c1ccnc2ccc(OC)cc12. The topological polar surface area (TPSA) is 120 Å². The number of piperidine rings is 9. The van der Waals surface area contributed by atoms with Gasteiger partial charge in [-0.3, -0.25) is 29.7 Å². The number of aromatic nitrogens is 5. The molecule has 9 aliphatic heterocycles. The lowest BCUT2D eigenvalue weighted by atomic mass is 9.73. The number of rotatable bonds is 17. The molecule has 0 radical (unpaired) electrons. The molecule has 9 aliphatic rings. The average molecular weight is 1030 g/mol. The summed E-state index contributed by atoms with van der Waals surface area (Å²) in [5, 5.41) is 3.00. The van der Waals surface area contributed by atoms with E-state index in [1.165, 1.54) is 0 Å². The van der Waals surface area contributed by atoms with Crippen LogP contribution in [0.2, 0.25) is 0 Å². The summed E-state index contributed by atoms with van der Waals surface area (Å²) < 4.78 is 34.4. The monoisotopic (exact) mass is 1030 g/mol. The highest BCUT2D eigenvalue weighted by Gasteiger charge is 2.47. The van der Waals surface area contributed by atoms with Crippen molar-refractivity contribution < 1.29 is 23.7 Å². The molecule has 16 rings (SSSR count). The number of aryl methyl sites for hydroxylation is 1. The van der Waals surface area contributed by atoms with Gasteiger partial charge in [0.1, 0.15) is 29.8 Å². The van der Waals surface area contributed by atoms with Crippen LogP contribution >= 0.6 is 0 Å². The van der Waals surface area contributed by atoms with Crippen LogP contribution in [0.15, 0.2) is 135 Å². The van der Waals surface area contributed by atoms with Gasteiger partial charge in [-0.15, -0.1) is 19.7 Å². The number of methoxy groups -OCH3 is 2. The Morgan fingerprint density at radius 1 is 0.494 bits per heavy atom. The molecule has 0 amide bonds. The molecule has 13 heteroatoms. The fraction of sp³-hybridized carbons (Fsp3) is 0.422. The zero-order valence-corrected chi connectivity index (χ0v) is 44.6. The first kappa shape index (κ1) is 49.6. The third-order valence-corrected chi connectivity index (χ3v) is 18.7. The molecule has 6 bridgehead atoms. The van der Waals surface area contributed by atoms with E-state index in [2.05, 4.69) is 108 Å². The lowest BCUT2D eigenvalue weighted by Gasteiger charge is -2.51. The van der Waals surface area contributed by atoms with Crippen LogP contribution in [0.3, 0.4) is 0 Å². The highest BCUT2D eigenvalue weighted by molar-refractivity contribution is 5.85. The van der Waals surface area contributed by atoms with Crippen molar-refractivity contribution in [1.29, 1.82) is 0 Å². The van der Waals surface area contributed by atoms with Gasteiger partial charge < -0.3 is 23.7 Å². The van der Waals surface area contributed by atoms with Crippen LogP contribution in [0.4, 0.5) is 0 Å². The summed E-state index contributed by atoms with van der Waals surface area (Å²) in [7, 11) is 3.41. The van der Waals surface area contributed by atoms with E-state index in [1.54, 1.807) is 14.2 Å². The molecule has 0 saturated carbocycles. The molecule has 13 heterocycles. The largest absolute Gasteiger partial charge is 0.497 e. The predicted molar refractivity (Wildman–Crippen MR) is 301 cm³/mol. The Kier molecular flexibility index (Phi) is 13.4. The molecule has 0 aliphatic carbocycles. The summed E-state index contributed by atoms with van der Waals surface area (Å²) in [5.41, 5.74) is 6.90. The molecule has 7 aromatic rings. The number of hydrogen-bond donors (Lipinski definition) is 0. The van der Waals surface area contributed by atoms with E-state index in [0.717, 1.165) is 144 Å². The Bertz CT molecular complexity index is 3220. The Morgan fingerprint density at radius 3 is 1.26 bits per heavy atom. The lowest BCUT2D eigenvalue weighted by molar-refractivity contribution is -0.0436. The second-order valence-corrected chi connectivity index (χ2v) is 22.7. The van der Waals surface area contributed by atoms with Crippen molar-refractivity contribution in [3.05, 3.63) is 158 Å². The normalized spacial score (nSPS) is 29.4. The summed E-state index contributed by atoms with van der Waals surface area (Å²) in [5.74, 6) is 4.97. The molecule has 9 fully saturated rings. The van der Waals surface area contributed by atoms with Gasteiger partial charge in [-0.25, -0.2) is 0 Å². The van der Waals surface area contributed by atoms with Crippen molar-refractivity contribution in [2.45, 2.75) is 81.9 Å². The second-order valence-electron chi connectivity index (χ2n) is 22.7. The lowest BCUT2D eigenvalue weighted by Crippen LogP contribution is -2.56. The number of nitrogens with zero attached hydrogens (tertiary/aromatic N) is 8. The molecule has 396 valence electrons. The average Bonchev–Trinajstić information content (AvgIpc) is 3.50. The van der Waals surface area contributed by atoms with Crippen LogP contribution in [0, 0.1) is 42.4 Å². The molecule has 77 heavy (non-hydrogen) atoms. The van der Waals surface area contributed by atoms with Crippen molar-refractivity contribution in [1.82, 2.24) is 39.6 Å². The van der Waals surface area contributed by atoms with Gasteiger partial charge in [-0.05, 0) is 167 Å². The van der Waals surface area contributed by atoms with Gasteiger partial charge >= 0.3 is 6.01 Å². The van der Waals surface area contributed by atoms with E-state index in [4.69, 9.17) is 48.6 Å². The van der Waals surface area contributed by atoms with Crippen molar-refractivity contribution in [3.63, 3.8) is 0 Å². The highest BCUT2D eigenvalue weighted by atomic mass is 16.5. The first-order valence-corrected chi connectivity index (χ1v) is 28.0. The van der Waals surface area contributed by atoms with Crippen molar-refractivity contribution in [2.24, 2.45) is 35.5 Å². The van der Waals surface area contributed by atoms with Crippen LogP contribution < -0.4 is 23.7 Å². The smallest absolute Gasteiger partial charge is 0.323 e. The fourth-order valence-corrected chi connectivity index (χ4v) is 14.6. The molecule has 3 aromatic carbocycles. The van der Waals surface area contributed by atoms with Crippen molar-refractivity contribution >= 4 is 32.7 Å². The van der Waals surface area contributed by atoms with Gasteiger partial charge in [0, 0.05) is 71.1 Å². The van der Waals surface area contributed by atoms with Crippen LogP contribution in [0.1, 0.15) is 79.1 Å². The van der Waals surface area contributed by atoms with Crippen molar-refractivity contribution in [2.75, 3.05) is 53.5 Å². The molecule has 13 nitrogen and oxygen atoms in total. The summed E-state index contributed by atoms with van der Waals surface area (Å²) in [6, 6.07) is 27.1. The minimum absolute atomic E-state index is 0.0103. The third-order valence-electron chi connectivity index (χ3n) is 18.7. The number of hydrogen-bond acceptors (Lipinski definition) is 13. The second kappa shape index (κ2) is 20.8. The number of ether oxygens (including phenoxy) is 5. The number of pyridine rings is 3. The van der Waals surface area contributed by atoms with Crippen LogP contribution in [-0.4, -0.2) is 111 Å². The van der Waals surface area contributed by atoms with Gasteiger partial charge in [0.25, 0.3) is 0 Å². The van der Waals surface area contributed by atoms with E-state index < -0.39 is 18.3 Å². The first-order chi connectivity index (χ1) is 37.8. The van der Waals surface area contributed by atoms with E-state index in [9.17, 15) is 0 Å². The Labute approximate surface area is 452 Å². The van der Waals surface area contributed by atoms with E-state index in [1.807, 2.05) is 48.9 Å². The summed E-state index contributed by atoms with van der Waals surface area (Å²) in [4.78, 5) is 33.0. The molecular formula is C64H70N8O5. The maximum atomic E-state index is 7.61. The van der Waals surface area contributed by atoms with E-state index in [0.29, 0.717) is 47.3 Å². The molecule has 0 spiro atoms. The molecule has 0 N–H and O–H groups in total. The van der Waals surface area contributed by atoms with Crippen LogP contribution in [0.25, 0.3) is 32.7 Å². The van der Waals surface area contributed by atoms with Gasteiger partial charge in [-0.2, -0.15) is 9.97 Å². The Balaban J connectivity index is 0.979. The van der Waals surface area contributed by atoms with E-state index in [-0.39, 0.29) is 24.1 Å². The molecule has 15 atom stereocenters. The van der Waals surface area contributed by atoms with Gasteiger partial charge in [-0.1, -0.05) is 29.9 Å². The molecule has 9 saturated heterocycles. The standard InChI is InChI=1S/C64H70N8O5/c1-7-39-35-70-25-19-42(39)29-56(70)61(47-16-22-65-53-13-10-38(4)28-50(47)53)75-59-34-60(76-62(57-30-43-20-26-71(57)36-40(43)8-2)48-17-23-66-54-14-11-45(73-5)32-51(48)54)69-64(68-59)77-63(58-31-44-21-27-72(58)37-41(44)9-3)49-18-24-67-55-15-12-46(74-6)33-52(49)55/h7-18,22-24,28,32-34,39-44,56-58,61-63H,1-3,19-21,25-27,29-31,35-37H2,4-6H3/t39-,40+,41+,42?,43?,44?,56-,57+,58+,61-,62?,63?/m0/s1.